The summed E-state index contributed by atoms with van der Waals surface area (Å²) in [4.78, 5) is 11.4. The summed E-state index contributed by atoms with van der Waals surface area (Å²) in [7, 11) is 0. The van der Waals surface area contributed by atoms with Gasteiger partial charge >= 0.3 is 5.97 Å². The van der Waals surface area contributed by atoms with Crippen LogP contribution in [0.1, 0.15) is 6.92 Å². The zero-order valence-electron chi connectivity index (χ0n) is 10.3. The van der Waals surface area contributed by atoms with E-state index in [2.05, 4.69) is 5.32 Å². The van der Waals surface area contributed by atoms with Crippen molar-refractivity contribution in [2.24, 2.45) is 0 Å². The van der Waals surface area contributed by atoms with Crippen molar-refractivity contribution in [2.75, 3.05) is 18.7 Å². The van der Waals surface area contributed by atoms with Crippen molar-refractivity contribution in [3.63, 3.8) is 0 Å². The Kier molecular flexibility index (Phi) is 3.88. The molecule has 0 atom stereocenters. The van der Waals surface area contributed by atoms with E-state index >= 15 is 0 Å². The van der Waals surface area contributed by atoms with Crippen molar-refractivity contribution >= 4 is 11.7 Å². The quantitative estimate of drug-likeness (QED) is 0.505. The summed E-state index contributed by atoms with van der Waals surface area (Å²) in [6.07, 6.45) is 1.30. The number of nitrogens with one attached hydrogen (secondary N) is 1. The molecule has 0 fully saturated rings. The standard InChI is InChI=1S/C13H12N2O4/c1-2-17-13(16)9(6-14)7-15-10-3-4-11-12(5-10)19-8-18-11/h3-5,7,15H,2,8H2,1H3. The number of rotatable bonds is 4. The first kappa shape index (κ1) is 12.8. The van der Waals surface area contributed by atoms with Crippen molar-refractivity contribution in [1.29, 1.82) is 5.26 Å². The maximum absolute atomic E-state index is 11.4. The lowest BCUT2D eigenvalue weighted by molar-refractivity contribution is -0.138. The molecule has 0 saturated heterocycles. The number of fused-ring (bicyclic) bond motifs is 1. The van der Waals surface area contributed by atoms with Gasteiger partial charge in [-0.15, -0.1) is 0 Å². The number of nitriles is 1. The maximum Gasteiger partial charge on any atom is 0.350 e. The van der Waals surface area contributed by atoms with Crippen LogP contribution < -0.4 is 14.8 Å². The minimum absolute atomic E-state index is 0.0977. The molecule has 1 aromatic carbocycles. The lowest BCUT2D eigenvalue weighted by Gasteiger charge is -2.04. The molecule has 6 heteroatoms. The summed E-state index contributed by atoms with van der Waals surface area (Å²) in [5.74, 6) is 0.631. The van der Waals surface area contributed by atoms with Gasteiger partial charge in [-0.2, -0.15) is 5.26 Å². The second kappa shape index (κ2) is 5.78. The number of esters is 1. The molecule has 0 aliphatic carbocycles. The Labute approximate surface area is 110 Å². The van der Waals surface area contributed by atoms with Gasteiger partial charge in [0.2, 0.25) is 6.79 Å². The third-order valence-electron chi connectivity index (χ3n) is 2.37. The highest BCUT2D eigenvalue weighted by molar-refractivity contribution is 5.93. The Balaban J connectivity index is 2.08. The van der Waals surface area contributed by atoms with Crippen molar-refractivity contribution in [2.45, 2.75) is 6.92 Å². The van der Waals surface area contributed by atoms with Crippen LogP contribution in [0.25, 0.3) is 0 Å². The van der Waals surface area contributed by atoms with Crippen LogP contribution >= 0.6 is 0 Å². The van der Waals surface area contributed by atoms with Gasteiger partial charge in [0.15, 0.2) is 17.1 Å². The van der Waals surface area contributed by atoms with Gasteiger partial charge in [-0.3, -0.25) is 0 Å². The van der Waals surface area contributed by atoms with Crippen LogP contribution in [0.5, 0.6) is 11.5 Å². The molecular formula is C13H12N2O4. The van der Waals surface area contributed by atoms with E-state index in [1.54, 1.807) is 31.2 Å². The highest BCUT2D eigenvalue weighted by atomic mass is 16.7. The van der Waals surface area contributed by atoms with Gasteiger partial charge in [-0.05, 0) is 19.1 Å². The van der Waals surface area contributed by atoms with Crippen molar-refractivity contribution in [3.8, 4) is 17.6 Å². The van der Waals surface area contributed by atoms with E-state index in [0.29, 0.717) is 17.2 Å². The molecular weight excluding hydrogens is 248 g/mol. The molecule has 6 nitrogen and oxygen atoms in total. The summed E-state index contributed by atoms with van der Waals surface area (Å²) in [6.45, 7) is 2.10. The van der Waals surface area contributed by atoms with Crippen LogP contribution in [0.15, 0.2) is 30.0 Å². The Morgan fingerprint density at radius 2 is 2.32 bits per heavy atom. The first-order valence-corrected chi connectivity index (χ1v) is 5.68. The number of hydrogen-bond acceptors (Lipinski definition) is 6. The molecule has 2 rings (SSSR count). The molecule has 0 unspecified atom stereocenters. The zero-order valence-corrected chi connectivity index (χ0v) is 10.3. The monoisotopic (exact) mass is 260 g/mol. The number of ether oxygens (including phenoxy) is 3. The molecule has 0 spiro atoms. The minimum atomic E-state index is -0.654. The molecule has 0 bridgehead atoms. The van der Waals surface area contributed by atoms with E-state index in [1.165, 1.54) is 6.20 Å². The molecule has 1 heterocycles. The van der Waals surface area contributed by atoms with E-state index in [-0.39, 0.29) is 19.0 Å². The predicted molar refractivity (Wildman–Crippen MR) is 66.5 cm³/mol. The minimum Gasteiger partial charge on any atom is -0.462 e. The van der Waals surface area contributed by atoms with E-state index in [4.69, 9.17) is 19.5 Å². The third-order valence-corrected chi connectivity index (χ3v) is 2.37. The number of hydrogen-bond donors (Lipinski definition) is 1. The summed E-state index contributed by atoms with van der Waals surface area (Å²) >= 11 is 0. The second-order valence-electron chi connectivity index (χ2n) is 3.60. The maximum atomic E-state index is 11.4. The molecule has 0 aromatic heterocycles. The van der Waals surface area contributed by atoms with Crippen molar-refractivity contribution in [1.82, 2.24) is 0 Å². The first-order chi connectivity index (χ1) is 9.24. The van der Waals surface area contributed by atoms with Crippen LogP contribution in [-0.2, 0) is 9.53 Å². The lowest BCUT2D eigenvalue weighted by Crippen LogP contribution is -2.07. The molecule has 0 radical (unpaired) electrons. The van der Waals surface area contributed by atoms with Gasteiger partial charge in [0, 0.05) is 18.0 Å². The smallest absolute Gasteiger partial charge is 0.350 e. The van der Waals surface area contributed by atoms with Crippen molar-refractivity contribution in [3.05, 3.63) is 30.0 Å². The van der Waals surface area contributed by atoms with Crippen LogP contribution in [0.3, 0.4) is 0 Å². The van der Waals surface area contributed by atoms with Gasteiger partial charge in [0.05, 0.1) is 6.61 Å². The highest BCUT2D eigenvalue weighted by Gasteiger charge is 2.13. The summed E-state index contributed by atoms with van der Waals surface area (Å²) in [6, 6.07) is 7.00. The van der Waals surface area contributed by atoms with E-state index in [9.17, 15) is 4.79 Å². The average molecular weight is 260 g/mol. The summed E-state index contributed by atoms with van der Waals surface area (Å²) in [5.41, 5.74) is 0.584. The fourth-order valence-corrected chi connectivity index (χ4v) is 1.49. The normalized spacial score (nSPS) is 12.7. The van der Waals surface area contributed by atoms with Gasteiger partial charge in [-0.1, -0.05) is 0 Å². The lowest BCUT2D eigenvalue weighted by atomic mass is 10.2. The van der Waals surface area contributed by atoms with E-state index < -0.39 is 5.97 Å². The van der Waals surface area contributed by atoms with Crippen LogP contribution in [0.2, 0.25) is 0 Å². The topological polar surface area (TPSA) is 80.6 Å². The molecule has 19 heavy (non-hydrogen) atoms. The van der Waals surface area contributed by atoms with E-state index in [0.717, 1.165) is 0 Å². The Morgan fingerprint density at radius 3 is 3.05 bits per heavy atom. The molecule has 1 aliphatic rings. The van der Waals surface area contributed by atoms with Gasteiger partial charge < -0.3 is 19.5 Å². The van der Waals surface area contributed by atoms with Crippen LogP contribution in [0.4, 0.5) is 5.69 Å². The second-order valence-corrected chi connectivity index (χ2v) is 3.60. The number of carbonyl (C=O) groups is 1. The average Bonchev–Trinajstić information content (AvgIpc) is 2.87. The number of nitrogens with zero attached hydrogens (tertiary/aromatic N) is 1. The van der Waals surface area contributed by atoms with Gasteiger partial charge in [0.25, 0.3) is 0 Å². The Hall–Kier alpha value is -2.68. The Morgan fingerprint density at radius 1 is 1.53 bits per heavy atom. The van der Waals surface area contributed by atoms with Gasteiger partial charge in [-0.25, -0.2) is 4.79 Å². The number of benzene rings is 1. The summed E-state index contributed by atoms with van der Waals surface area (Å²) < 4.78 is 15.1. The zero-order chi connectivity index (χ0) is 13.7. The highest BCUT2D eigenvalue weighted by Crippen LogP contribution is 2.34. The Bertz CT molecular complexity index is 560. The molecule has 1 N–H and O–H groups in total. The molecule has 1 aromatic rings. The van der Waals surface area contributed by atoms with Crippen molar-refractivity contribution < 1.29 is 19.0 Å². The van der Waals surface area contributed by atoms with E-state index in [1.807, 2.05) is 0 Å². The first-order valence-electron chi connectivity index (χ1n) is 5.68. The molecule has 98 valence electrons. The molecule has 1 aliphatic heterocycles. The van der Waals surface area contributed by atoms with Crippen LogP contribution in [0, 0.1) is 11.3 Å². The predicted octanol–water partition coefficient (Wildman–Crippen LogP) is 1.80. The van der Waals surface area contributed by atoms with Crippen LogP contribution in [-0.4, -0.2) is 19.4 Å². The third kappa shape index (κ3) is 2.96. The summed E-state index contributed by atoms with van der Waals surface area (Å²) in [5, 5.41) is 11.7. The fraction of sp³-hybridized carbons (Fsp3) is 0.231. The van der Waals surface area contributed by atoms with Gasteiger partial charge in [0.1, 0.15) is 6.07 Å². The fourth-order valence-electron chi connectivity index (χ4n) is 1.49. The number of anilines is 1. The molecule has 0 saturated carbocycles. The largest absolute Gasteiger partial charge is 0.462 e. The number of carbonyl (C=O) groups excluding carboxylic acids is 1. The SMILES string of the molecule is CCOC(=O)C(C#N)=CNc1ccc2c(c1)OCO2. The molecule has 0 amide bonds.